The number of amides is 1. The molecule has 0 spiro atoms. The molecule has 4 aromatic rings. The van der Waals surface area contributed by atoms with E-state index in [1.54, 1.807) is 54.6 Å². The largest absolute Gasteiger partial charge is 0.494 e. The van der Waals surface area contributed by atoms with Crippen molar-refractivity contribution in [1.82, 2.24) is 10.9 Å². The molecule has 254 valence electrons. The normalized spacial score (nSPS) is 16.8. The fraction of sp³-hybridized carbons (Fsp3) is 0.257. The average Bonchev–Trinajstić information content (AvgIpc) is 3.47. The lowest BCUT2D eigenvalue weighted by molar-refractivity contribution is -0.130. The number of hydrogen-bond donors (Lipinski definition) is 3. The third kappa shape index (κ3) is 8.98. The number of nitrogens with one attached hydrogen (secondary N) is 2. The molecule has 5 rings (SSSR count). The molecular weight excluding hydrogens is 710 g/mol. The molecule has 49 heavy (non-hydrogen) atoms. The molecule has 14 heteroatoms. The van der Waals surface area contributed by atoms with Crippen LogP contribution in [0.1, 0.15) is 40.3 Å². The van der Waals surface area contributed by atoms with Gasteiger partial charge in [-0.25, -0.2) is 10.4 Å². The standard InChI is InChI=1S/C35H32Cl4N6O4/c36-26-9-6-22(30(38)18-26)14-15-41-44-34(47)35(20-24-4-1-2-5-25(24)21-42-45-40)32(29-13-10-27(37)19-31(29)39)49-33(43-35)23-7-11-28(12-8-23)48-17-3-16-46/h1-2,4-13,18-19,32,41,46H,3,14-17,20-21H2,(H,44,47)/t32-,35-/m0/s1. The van der Waals surface area contributed by atoms with Gasteiger partial charge < -0.3 is 14.6 Å². The zero-order chi connectivity index (χ0) is 34.8. The summed E-state index contributed by atoms with van der Waals surface area (Å²) in [5.41, 5.74) is 16.7. The maximum Gasteiger partial charge on any atom is 0.266 e. The molecule has 1 aliphatic rings. The highest BCUT2D eigenvalue weighted by Crippen LogP contribution is 2.45. The Balaban J connectivity index is 1.54. The summed E-state index contributed by atoms with van der Waals surface area (Å²) < 4.78 is 12.3. The maximum absolute atomic E-state index is 14.6. The molecule has 1 heterocycles. The van der Waals surface area contributed by atoms with E-state index in [1.807, 2.05) is 30.3 Å². The van der Waals surface area contributed by atoms with Crippen LogP contribution in [0.5, 0.6) is 5.75 Å². The van der Waals surface area contributed by atoms with E-state index in [1.165, 1.54) is 0 Å². The predicted molar refractivity (Wildman–Crippen MR) is 193 cm³/mol. The summed E-state index contributed by atoms with van der Waals surface area (Å²) in [7, 11) is 0. The number of azide groups is 1. The van der Waals surface area contributed by atoms with Gasteiger partial charge in [0, 0.05) is 62.1 Å². The minimum Gasteiger partial charge on any atom is -0.494 e. The van der Waals surface area contributed by atoms with Crippen LogP contribution in [0, 0.1) is 0 Å². The van der Waals surface area contributed by atoms with Crippen molar-refractivity contribution < 1.29 is 19.4 Å². The second kappa shape index (κ2) is 17.1. The van der Waals surface area contributed by atoms with Crippen molar-refractivity contribution in [3.8, 4) is 5.75 Å². The van der Waals surface area contributed by atoms with Gasteiger partial charge in [-0.05, 0) is 77.2 Å². The van der Waals surface area contributed by atoms with Crippen molar-refractivity contribution >= 4 is 58.2 Å². The Labute approximate surface area is 303 Å². The van der Waals surface area contributed by atoms with Crippen molar-refractivity contribution in [2.45, 2.75) is 37.5 Å². The molecule has 1 aliphatic heterocycles. The van der Waals surface area contributed by atoms with Crippen LogP contribution in [0.2, 0.25) is 20.1 Å². The lowest BCUT2D eigenvalue weighted by Crippen LogP contribution is -2.54. The number of aliphatic hydroxyl groups excluding tert-OH is 1. The Bertz CT molecular complexity index is 1870. The van der Waals surface area contributed by atoms with Gasteiger partial charge in [0.05, 0.1) is 13.2 Å². The molecule has 0 aromatic heterocycles. The average molecular weight is 742 g/mol. The second-order valence-electron chi connectivity index (χ2n) is 11.2. The van der Waals surface area contributed by atoms with Crippen LogP contribution in [0.4, 0.5) is 0 Å². The monoisotopic (exact) mass is 740 g/mol. The zero-order valence-electron chi connectivity index (χ0n) is 26.1. The van der Waals surface area contributed by atoms with Gasteiger partial charge in [0.2, 0.25) is 5.90 Å². The molecule has 10 nitrogen and oxygen atoms in total. The number of nitrogens with zero attached hydrogens (tertiary/aromatic N) is 4. The van der Waals surface area contributed by atoms with E-state index in [0.29, 0.717) is 63.0 Å². The lowest BCUT2D eigenvalue weighted by Gasteiger charge is -2.32. The number of halogens is 4. The van der Waals surface area contributed by atoms with Crippen molar-refractivity contribution in [3.63, 3.8) is 0 Å². The first-order valence-corrected chi connectivity index (χ1v) is 16.9. The molecule has 3 N–H and O–H groups in total. The van der Waals surface area contributed by atoms with E-state index < -0.39 is 17.6 Å². The summed E-state index contributed by atoms with van der Waals surface area (Å²) in [5.74, 6) is 0.339. The fourth-order valence-corrected chi connectivity index (χ4v) is 6.44. The van der Waals surface area contributed by atoms with Crippen LogP contribution in [0.15, 0.2) is 95.0 Å². The highest BCUT2D eigenvalue weighted by atomic mass is 35.5. The molecule has 0 bridgehead atoms. The number of carbonyl (C=O) groups excluding carboxylic acids is 1. The summed E-state index contributed by atoms with van der Waals surface area (Å²) in [6, 6.07) is 24.7. The fourth-order valence-electron chi connectivity index (χ4n) is 5.43. The molecule has 0 unspecified atom stereocenters. The summed E-state index contributed by atoms with van der Waals surface area (Å²) in [5, 5.41) is 14.6. The third-order valence-electron chi connectivity index (χ3n) is 7.89. The number of benzene rings is 4. The minimum atomic E-state index is -1.60. The topological polar surface area (TPSA) is 141 Å². The molecule has 0 radical (unpaired) electrons. The third-order valence-corrected chi connectivity index (χ3v) is 9.04. The SMILES string of the molecule is [N-]=[N+]=NCc1ccccc1C[C@]1(C(=O)NNCCc2ccc(Cl)cc2Cl)N=C(c2ccc(OCCCO)cc2)O[C@H]1c1ccc(Cl)cc1Cl. The maximum atomic E-state index is 14.6. The van der Waals surface area contributed by atoms with Gasteiger partial charge in [0.1, 0.15) is 5.75 Å². The first-order chi connectivity index (χ1) is 23.7. The molecule has 0 saturated carbocycles. The smallest absolute Gasteiger partial charge is 0.266 e. The first-order valence-electron chi connectivity index (χ1n) is 15.3. The summed E-state index contributed by atoms with van der Waals surface area (Å²) in [4.78, 5) is 22.5. The molecule has 0 fully saturated rings. The number of hydrazine groups is 1. The van der Waals surface area contributed by atoms with Gasteiger partial charge in [0.15, 0.2) is 11.6 Å². The van der Waals surface area contributed by atoms with E-state index in [9.17, 15) is 4.79 Å². The number of ether oxygens (including phenoxy) is 2. The van der Waals surface area contributed by atoms with E-state index in [2.05, 4.69) is 20.9 Å². The van der Waals surface area contributed by atoms with Gasteiger partial charge in [-0.1, -0.05) is 87.9 Å². The van der Waals surface area contributed by atoms with Gasteiger partial charge in [-0.2, -0.15) is 0 Å². The van der Waals surface area contributed by atoms with Crippen LogP contribution in [0.25, 0.3) is 10.4 Å². The summed E-state index contributed by atoms with van der Waals surface area (Å²) >= 11 is 25.4. The van der Waals surface area contributed by atoms with Crippen molar-refractivity contribution in [2.75, 3.05) is 19.8 Å². The summed E-state index contributed by atoms with van der Waals surface area (Å²) in [6.07, 6.45) is 0.0759. The van der Waals surface area contributed by atoms with Crippen molar-refractivity contribution in [1.29, 1.82) is 0 Å². The number of rotatable bonds is 15. The Kier molecular flexibility index (Phi) is 12.7. The van der Waals surface area contributed by atoms with Crippen molar-refractivity contribution in [2.24, 2.45) is 10.1 Å². The molecule has 1 amide bonds. The summed E-state index contributed by atoms with van der Waals surface area (Å²) in [6.45, 7) is 0.807. The molecule has 2 atom stereocenters. The molecule has 4 aromatic carbocycles. The lowest BCUT2D eigenvalue weighted by atomic mass is 9.81. The number of aliphatic imine (C=N–C) groups is 1. The van der Waals surface area contributed by atoms with Crippen LogP contribution in [-0.4, -0.2) is 42.2 Å². The van der Waals surface area contributed by atoms with Gasteiger partial charge in [-0.15, -0.1) is 0 Å². The van der Waals surface area contributed by atoms with E-state index in [-0.39, 0.29) is 25.5 Å². The molecule has 0 aliphatic carbocycles. The number of hydrogen-bond acceptors (Lipinski definition) is 7. The Morgan fingerprint density at radius 2 is 1.67 bits per heavy atom. The van der Waals surface area contributed by atoms with E-state index >= 15 is 0 Å². The van der Waals surface area contributed by atoms with Gasteiger partial charge in [-0.3, -0.25) is 10.2 Å². The van der Waals surface area contributed by atoms with Crippen LogP contribution in [-0.2, 0) is 28.9 Å². The van der Waals surface area contributed by atoms with Crippen LogP contribution in [0.3, 0.4) is 0 Å². The highest BCUT2D eigenvalue weighted by molar-refractivity contribution is 6.35. The minimum absolute atomic E-state index is 0.0250. The number of aliphatic hydroxyl groups is 1. The first kappa shape index (κ1) is 36.3. The molecule has 0 saturated heterocycles. The molecular formula is C35H32Cl4N6O4. The van der Waals surface area contributed by atoms with Crippen LogP contribution < -0.4 is 15.6 Å². The predicted octanol–water partition coefficient (Wildman–Crippen LogP) is 8.23. The van der Waals surface area contributed by atoms with Crippen LogP contribution >= 0.6 is 46.4 Å². The van der Waals surface area contributed by atoms with E-state index in [0.717, 1.165) is 16.7 Å². The van der Waals surface area contributed by atoms with Gasteiger partial charge in [0.25, 0.3) is 5.91 Å². The zero-order valence-corrected chi connectivity index (χ0v) is 29.1. The van der Waals surface area contributed by atoms with Gasteiger partial charge >= 0.3 is 0 Å². The van der Waals surface area contributed by atoms with E-state index in [4.69, 9.17) is 71.5 Å². The quantitative estimate of drug-likeness (QED) is 0.0370. The van der Waals surface area contributed by atoms with Crippen molar-refractivity contribution in [3.05, 3.63) is 143 Å². The Morgan fingerprint density at radius 1 is 0.959 bits per heavy atom. The second-order valence-corrected chi connectivity index (χ2v) is 12.8. The Morgan fingerprint density at radius 3 is 2.37 bits per heavy atom. The highest BCUT2D eigenvalue weighted by Gasteiger charge is 2.54. The Hall–Kier alpha value is -3.99. The number of carbonyl (C=O) groups is 1.